The molecule has 1 saturated heterocycles. The zero-order valence-electron chi connectivity index (χ0n) is 14.0. The van der Waals surface area contributed by atoms with E-state index in [-0.39, 0.29) is 0 Å². The van der Waals surface area contributed by atoms with E-state index in [1.54, 1.807) is 0 Å². The summed E-state index contributed by atoms with van der Waals surface area (Å²) in [6.07, 6.45) is 1.12. The number of piperazine rings is 1. The van der Waals surface area contributed by atoms with Gasteiger partial charge in [0.05, 0.1) is 13.1 Å². The summed E-state index contributed by atoms with van der Waals surface area (Å²) < 4.78 is 6.20. The lowest BCUT2D eigenvalue weighted by molar-refractivity contribution is 0.0876. The topological polar surface area (TPSA) is 71.4 Å². The van der Waals surface area contributed by atoms with Crippen molar-refractivity contribution in [3.63, 3.8) is 0 Å². The first kappa shape index (κ1) is 17.5. The molecule has 1 unspecified atom stereocenters. The summed E-state index contributed by atoms with van der Waals surface area (Å²) in [5, 5.41) is 3.98. The molecule has 0 spiro atoms. The summed E-state index contributed by atoms with van der Waals surface area (Å²) in [7, 11) is 0. The maximum absolute atomic E-state index is 5.51. The van der Waals surface area contributed by atoms with E-state index in [9.17, 15) is 0 Å². The van der Waals surface area contributed by atoms with Crippen LogP contribution in [0.4, 0.5) is 0 Å². The second kappa shape index (κ2) is 8.20. The van der Waals surface area contributed by atoms with Gasteiger partial charge in [-0.1, -0.05) is 40.1 Å². The number of hydrogen-bond donors (Lipinski definition) is 1. The normalized spacial score (nSPS) is 18.0. The fourth-order valence-electron chi connectivity index (χ4n) is 3.26. The van der Waals surface area contributed by atoms with Crippen molar-refractivity contribution in [2.75, 3.05) is 26.2 Å². The van der Waals surface area contributed by atoms with Gasteiger partial charge < -0.3 is 10.3 Å². The fourth-order valence-corrected chi connectivity index (χ4v) is 3.52. The van der Waals surface area contributed by atoms with Gasteiger partial charge in [0, 0.05) is 36.7 Å². The Morgan fingerprint density at radius 2 is 1.92 bits per heavy atom. The van der Waals surface area contributed by atoms with Gasteiger partial charge in [0.25, 0.3) is 0 Å². The molecule has 0 saturated carbocycles. The molecule has 7 heteroatoms. The average molecular weight is 394 g/mol. The first-order valence-electron chi connectivity index (χ1n) is 8.43. The highest BCUT2D eigenvalue weighted by Crippen LogP contribution is 2.26. The number of aromatic nitrogens is 2. The van der Waals surface area contributed by atoms with Crippen molar-refractivity contribution in [3.8, 4) is 0 Å². The van der Waals surface area contributed by atoms with Crippen LogP contribution >= 0.6 is 15.9 Å². The molecular weight excluding hydrogens is 370 g/mol. The number of rotatable bonds is 6. The molecule has 0 amide bonds. The Morgan fingerprint density at radius 3 is 2.50 bits per heavy atom. The zero-order chi connectivity index (χ0) is 16.9. The Labute approximate surface area is 151 Å². The maximum Gasteiger partial charge on any atom is 0.240 e. The summed E-state index contributed by atoms with van der Waals surface area (Å²) in [5.74, 6) is 1.23. The molecule has 1 aromatic carbocycles. The molecule has 0 aliphatic carbocycles. The van der Waals surface area contributed by atoms with Crippen molar-refractivity contribution >= 4 is 15.9 Å². The Bertz CT molecular complexity index is 637. The van der Waals surface area contributed by atoms with E-state index >= 15 is 0 Å². The third-order valence-corrected chi connectivity index (χ3v) is 5.07. The predicted octanol–water partition coefficient (Wildman–Crippen LogP) is 2.56. The SMILES string of the molecule is CCC(c1ccc(Br)cc1)N1CCN(Cc2noc(CN)n2)CC1. The summed E-state index contributed by atoms with van der Waals surface area (Å²) in [5.41, 5.74) is 6.90. The second-order valence-electron chi connectivity index (χ2n) is 6.10. The van der Waals surface area contributed by atoms with E-state index < -0.39 is 0 Å². The summed E-state index contributed by atoms with van der Waals surface area (Å²) in [6, 6.07) is 9.17. The number of halogens is 1. The van der Waals surface area contributed by atoms with Crippen LogP contribution < -0.4 is 5.73 Å². The Kier molecular flexibility index (Phi) is 5.99. The smallest absolute Gasteiger partial charge is 0.240 e. The van der Waals surface area contributed by atoms with Crippen LogP contribution in [0.1, 0.15) is 36.7 Å². The highest BCUT2D eigenvalue weighted by atomic mass is 79.9. The molecule has 130 valence electrons. The molecule has 2 heterocycles. The minimum absolute atomic E-state index is 0.298. The number of benzene rings is 1. The van der Waals surface area contributed by atoms with E-state index in [1.807, 2.05) is 0 Å². The van der Waals surface area contributed by atoms with Gasteiger partial charge in [0.1, 0.15) is 0 Å². The standard InChI is InChI=1S/C17H24BrN5O/c1-2-15(13-3-5-14(18)6-4-13)23-9-7-22(8-10-23)12-16-20-17(11-19)24-21-16/h3-6,15H,2,7-12,19H2,1H3. The molecule has 1 aliphatic heterocycles. The van der Waals surface area contributed by atoms with E-state index in [1.165, 1.54) is 5.56 Å². The van der Waals surface area contributed by atoms with E-state index in [4.69, 9.17) is 10.3 Å². The molecule has 0 radical (unpaired) electrons. The predicted molar refractivity (Wildman–Crippen MR) is 96.2 cm³/mol. The Balaban J connectivity index is 1.56. The van der Waals surface area contributed by atoms with Crippen molar-refractivity contribution in [1.82, 2.24) is 19.9 Å². The molecule has 1 atom stereocenters. The molecule has 1 fully saturated rings. The van der Waals surface area contributed by atoms with Crippen LogP contribution in [0.2, 0.25) is 0 Å². The van der Waals surface area contributed by atoms with Crippen LogP contribution in [0.15, 0.2) is 33.3 Å². The first-order valence-corrected chi connectivity index (χ1v) is 9.22. The van der Waals surface area contributed by atoms with Crippen LogP contribution in [0, 0.1) is 0 Å². The van der Waals surface area contributed by atoms with Gasteiger partial charge in [-0.2, -0.15) is 4.98 Å². The van der Waals surface area contributed by atoms with Crippen LogP contribution in [-0.2, 0) is 13.1 Å². The maximum atomic E-state index is 5.51. The molecular formula is C17H24BrN5O. The lowest BCUT2D eigenvalue weighted by atomic mass is 10.0. The van der Waals surface area contributed by atoms with Crippen molar-refractivity contribution in [1.29, 1.82) is 0 Å². The first-order chi connectivity index (χ1) is 11.7. The summed E-state index contributed by atoms with van der Waals surface area (Å²) >= 11 is 3.51. The van der Waals surface area contributed by atoms with E-state index in [0.717, 1.165) is 49.4 Å². The Morgan fingerprint density at radius 1 is 1.21 bits per heavy atom. The molecule has 1 aromatic heterocycles. The van der Waals surface area contributed by atoms with Crippen molar-refractivity contribution in [3.05, 3.63) is 46.0 Å². The van der Waals surface area contributed by atoms with Gasteiger partial charge in [-0.15, -0.1) is 0 Å². The quantitative estimate of drug-likeness (QED) is 0.812. The molecule has 0 bridgehead atoms. The monoisotopic (exact) mass is 393 g/mol. The minimum Gasteiger partial charge on any atom is -0.338 e. The Hall–Kier alpha value is -1.28. The second-order valence-corrected chi connectivity index (χ2v) is 7.01. The van der Waals surface area contributed by atoms with Gasteiger partial charge in [0.15, 0.2) is 5.82 Å². The van der Waals surface area contributed by atoms with Crippen molar-refractivity contribution in [2.24, 2.45) is 5.73 Å². The van der Waals surface area contributed by atoms with Crippen LogP contribution in [0.25, 0.3) is 0 Å². The largest absolute Gasteiger partial charge is 0.338 e. The van der Waals surface area contributed by atoms with Crippen molar-refractivity contribution in [2.45, 2.75) is 32.5 Å². The highest BCUT2D eigenvalue weighted by molar-refractivity contribution is 9.10. The number of nitrogens with two attached hydrogens (primary N) is 1. The molecule has 3 rings (SSSR count). The van der Waals surface area contributed by atoms with Crippen LogP contribution in [0.5, 0.6) is 0 Å². The minimum atomic E-state index is 0.298. The van der Waals surface area contributed by atoms with Crippen molar-refractivity contribution < 1.29 is 4.52 Å². The van der Waals surface area contributed by atoms with Crippen LogP contribution in [0.3, 0.4) is 0 Å². The fraction of sp³-hybridized carbons (Fsp3) is 0.529. The molecule has 6 nitrogen and oxygen atoms in total. The third kappa shape index (κ3) is 4.22. The van der Waals surface area contributed by atoms with E-state index in [0.29, 0.717) is 18.5 Å². The van der Waals surface area contributed by atoms with Gasteiger partial charge in [-0.05, 0) is 24.1 Å². The van der Waals surface area contributed by atoms with Gasteiger partial charge in [0.2, 0.25) is 5.89 Å². The molecule has 2 aromatic rings. The molecule has 24 heavy (non-hydrogen) atoms. The summed E-state index contributed by atoms with van der Waals surface area (Å²) in [4.78, 5) is 9.23. The molecule has 2 N–H and O–H groups in total. The lowest BCUT2D eigenvalue weighted by Crippen LogP contribution is -2.47. The third-order valence-electron chi connectivity index (χ3n) is 4.54. The number of nitrogens with zero attached hydrogens (tertiary/aromatic N) is 4. The zero-order valence-corrected chi connectivity index (χ0v) is 15.6. The summed E-state index contributed by atoms with van der Waals surface area (Å²) in [6.45, 7) is 7.41. The average Bonchev–Trinajstić information content (AvgIpc) is 3.06. The highest BCUT2D eigenvalue weighted by Gasteiger charge is 2.24. The number of hydrogen-bond acceptors (Lipinski definition) is 6. The van der Waals surface area contributed by atoms with Crippen LogP contribution in [-0.4, -0.2) is 46.1 Å². The van der Waals surface area contributed by atoms with E-state index in [2.05, 4.69) is 67.1 Å². The molecule has 1 aliphatic rings. The van der Waals surface area contributed by atoms with Gasteiger partial charge in [-0.25, -0.2) is 0 Å². The van der Waals surface area contributed by atoms with Gasteiger partial charge in [-0.3, -0.25) is 9.80 Å². The lowest BCUT2D eigenvalue weighted by Gasteiger charge is -2.39. The van der Waals surface area contributed by atoms with Gasteiger partial charge >= 0.3 is 0 Å².